The maximum absolute atomic E-state index is 10.7. The average molecular weight is 283 g/mol. The Morgan fingerprint density at radius 1 is 1.33 bits per heavy atom. The van der Waals surface area contributed by atoms with Crippen molar-refractivity contribution in [1.29, 1.82) is 0 Å². The van der Waals surface area contributed by atoms with Crippen LogP contribution in [0, 0.1) is 10.1 Å². The van der Waals surface area contributed by atoms with Gasteiger partial charge in [-0.2, -0.15) is 5.10 Å². The molecule has 0 radical (unpaired) electrons. The minimum Gasteiger partial charge on any atom is -0.366 e. The summed E-state index contributed by atoms with van der Waals surface area (Å²) in [7, 11) is 1.87. The van der Waals surface area contributed by atoms with Crippen LogP contribution in [0.5, 0.6) is 0 Å². The second kappa shape index (κ2) is 5.20. The molecule has 0 saturated heterocycles. The first-order chi connectivity index (χ1) is 10.1. The van der Waals surface area contributed by atoms with E-state index >= 15 is 0 Å². The molecule has 7 nitrogen and oxygen atoms in total. The molecule has 0 aliphatic heterocycles. The largest absolute Gasteiger partial charge is 0.366 e. The molecule has 1 N–H and O–H groups in total. The van der Waals surface area contributed by atoms with Crippen LogP contribution >= 0.6 is 0 Å². The van der Waals surface area contributed by atoms with E-state index in [0.29, 0.717) is 6.54 Å². The van der Waals surface area contributed by atoms with Gasteiger partial charge in [0, 0.05) is 42.9 Å². The molecule has 1 aromatic carbocycles. The molecular formula is C14H13N5O2. The Hall–Kier alpha value is -2.96. The Kier molecular flexibility index (Phi) is 3.23. The van der Waals surface area contributed by atoms with Crippen LogP contribution in [-0.2, 0) is 13.6 Å². The number of nitro benzene ring substituents is 1. The number of hydrogen-bond acceptors (Lipinski definition) is 5. The first-order valence-corrected chi connectivity index (χ1v) is 6.38. The molecule has 2 heterocycles. The predicted molar refractivity (Wildman–Crippen MR) is 78.9 cm³/mol. The summed E-state index contributed by atoms with van der Waals surface area (Å²) in [5.74, 6) is 0.722. The maximum Gasteiger partial charge on any atom is 0.270 e. The maximum atomic E-state index is 10.7. The number of aryl methyl sites for hydroxylation is 1. The summed E-state index contributed by atoms with van der Waals surface area (Å²) in [4.78, 5) is 14.8. The first kappa shape index (κ1) is 13.0. The zero-order chi connectivity index (χ0) is 14.8. The number of nitrogens with one attached hydrogen (secondary N) is 1. The third-order valence-electron chi connectivity index (χ3n) is 3.12. The third-order valence-corrected chi connectivity index (χ3v) is 3.12. The number of fused-ring (bicyclic) bond motifs is 1. The van der Waals surface area contributed by atoms with Crippen LogP contribution in [0.3, 0.4) is 0 Å². The van der Waals surface area contributed by atoms with Gasteiger partial charge in [-0.1, -0.05) is 0 Å². The van der Waals surface area contributed by atoms with Gasteiger partial charge in [0.15, 0.2) is 0 Å². The summed E-state index contributed by atoms with van der Waals surface area (Å²) < 4.78 is 1.74. The number of non-ortho nitro benzene ring substituents is 1. The lowest BCUT2D eigenvalue weighted by molar-refractivity contribution is -0.384. The summed E-state index contributed by atoms with van der Waals surface area (Å²) in [6.07, 6.45) is 3.72. The van der Waals surface area contributed by atoms with Crippen LogP contribution in [0.25, 0.3) is 10.9 Å². The Morgan fingerprint density at radius 3 is 2.90 bits per heavy atom. The minimum absolute atomic E-state index is 0.0698. The highest BCUT2D eigenvalue weighted by Crippen LogP contribution is 2.21. The lowest BCUT2D eigenvalue weighted by Gasteiger charge is -2.05. The summed E-state index contributed by atoms with van der Waals surface area (Å²) in [6, 6.07) is 8.26. The lowest BCUT2D eigenvalue weighted by Crippen LogP contribution is -2.00. The van der Waals surface area contributed by atoms with Crippen molar-refractivity contribution in [3.63, 3.8) is 0 Å². The second-order valence-electron chi connectivity index (χ2n) is 4.71. The second-order valence-corrected chi connectivity index (χ2v) is 4.71. The predicted octanol–water partition coefficient (Wildman–Crippen LogP) is 2.49. The molecule has 21 heavy (non-hydrogen) atoms. The third kappa shape index (κ3) is 2.81. The van der Waals surface area contributed by atoms with E-state index in [9.17, 15) is 10.1 Å². The number of pyridine rings is 1. The molecule has 0 spiro atoms. The molecule has 0 atom stereocenters. The van der Waals surface area contributed by atoms with Gasteiger partial charge in [0.2, 0.25) is 0 Å². The van der Waals surface area contributed by atoms with Crippen LogP contribution in [0.15, 0.2) is 42.7 Å². The van der Waals surface area contributed by atoms with Crippen LogP contribution in [0.2, 0.25) is 0 Å². The van der Waals surface area contributed by atoms with E-state index in [-0.39, 0.29) is 5.69 Å². The van der Waals surface area contributed by atoms with E-state index in [1.807, 2.05) is 25.4 Å². The molecule has 0 aliphatic rings. The zero-order valence-corrected chi connectivity index (χ0v) is 11.4. The van der Waals surface area contributed by atoms with Crippen molar-refractivity contribution in [3.05, 3.63) is 58.4 Å². The quantitative estimate of drug-likeness (QED) is 0.587. The fourth-order valence-corrected chi connectivity index (χ4v) is 2.08. The number of hydrogen-bond donors (Lipinski definition) is 1. The number of nitro groups is 1. The van der Waals surface area contributed by atoms with Gasteiger partial charge in [-0.25, -0.2) is 4.98 Å². The van der Waals surface area contributed by atoms with Crippen LogP contribution in [-0.4, -0.2) is 19.7 Å². The molecule has 3 rings (SSSR count). The smallest absolute Gasteiger partial charge is 0.270 e. The molecule has 0 bridgehead atoms. The highest BCUT2D eigenvalue weighted by molar-refractivity contribution is 5.82. The number of benzene rings is 1. The summed E-state index contributed by atoms with van der Waals surface area (Å²) in [6.45, 7) is 0.624. The van der Waals surface area contributed by atoms with Crippen LogP contribution in [0.4, 0.5) is 11.5 Å². The van der Waals surface area contributed by atoms with Gasteiger partial charge in [0.25, 0.3) is 5.69 Å². The Labute approximate surface area is 120 Å². The average Bonchev–Trinajstić information content (AvgIpc) is 2.90. The van der Waals surface area contributed by atoms with Crippen LogP contribution in [0.1, 0.15) is 5.56 Å². The fourth-order valence-electron chi connectivity index (χ4n) is 2.08. The van der Waals surface area contributed by atoms with Gasteiger partial charge in [-0.15, -0.1) is 0 Å². The molecule has 0 saturated carbocycles. The number of anilines is 1. The molecule has 3 aromatic rings. The van der Waals surface area contributed by atoms with E-state index in [4.69, 9.17) is 0 Å². The van der Waals surface area contributed by atoms with Gasteiger partial charge >= 0.3 is 0 Å². The van der Waals surface area contributed by atoms with Gasteiger partial charge in [-0.05, 0) is 18.2 Å². The monoisotopic (exact) mass is 283 g/mol. The van der Waals surface area contributed by atoms with Crippen molar-refractivity contribution in [2.24, 2.45) is 7.05 Å². The fraction of sp³-hybridized carbons (Fsp3) is 0.143. The molecular weight excluding hydrogens is 270 g/mol. The van der Waals surface area contributed by atoms with Gasteiger partial charge in [-0.3, -0.25) is 14.8 Å². The van der Waals surface area contributed by atoms with Crippen molar-refractivity contribution >= 4 is 22.4 Å². The van der Waals surface area contributed by atoms with E-state index in [0.717, 1.165) is 22.3 Å². The zero-order valence-electron chi connectivity index (χ0n) is 11.4. The molecule has 0 aliphatic carbocycles. The van der Waals surface area contributed by atoms with Gasteiger partial charge in [0.05, 0.1) is 16.6 Å². The van der Waals surface area contributed by atoms with E-state index in [1.165, 1.54) is 12.1 Å². The topological polar surface area (TPSA) is 85.9 Å². The lowest BCUT2D eigenvalue weighted by atomic mass is 10.2. The van der Waals surface area contributed by atoms with Gasteiger partial charge in [0.1, 0.15) is 5.82 Å². The minimum atomic E-state index is -0.409. The van der Waals surface area contributed by atoms with Crippen molar-refractivity contribution in [3.8, 4) is 0 Å². The molecule has 0 unspecified atom stereocenters. The molecule has 0 amide bonds. The summed E-state index contributed by atoms with van der Waals surface area (Å²) in [5, 5.41) is 18.8. The van der Waals surface area contributed by atoms with Gasteiger partial charge < -0.3 is 5.32 Å². The van der Waals surface area contributed by atoms with E-state index in [2.05, 4.69) is 15.4 Å². The molecule has 0 fully saturated rings. The SMILES string of the molecule is Cn1cc(CNc2ccc3cc([N+](=O)[O-])ccc3n2)cn1. The number of aromatic nitrogens is 3. The van der Waals surface area contributed by atoms with E-state index in [1.54, 1.807) is 16.9 Å². The highest BCUT2D eigenvalue weighted by atomic mass is 16.6. The van der Waals surface area contributed by atoms with Crippen LogP contribution < -0.4 is 5.32 Å². The first-order valence-electron chi connectivity index (χ1n) is 6.38. The van der Waals surface area contributed by atoms with Crippen molar-refractivity contribution in [2.45, 2.75) is 6.54 Å². The normalized spacial score (nSPS) is 10.7. The van der Waals surface area contributed by atoms with Crippen molar-refractivity contribution in [1.82, 2.24) is 14.8 Å². The van der Waals surface area contributed by atoms with Crippen molar-refractivity contribution < 1.29 is 4.92 Å². The number of nitrogens with zero attached hydrogens (tertiary/aromatic N) is 4. The summed E-state index contributed by atoms with van der Waals surface area (Å²) in [5.41, 5.74) is 1.85. The molecule has 2 aromatic heterocycles. The Morgan fingerprint density at radius 2 is 2.19 bits per heavy atom. The number of rotatable bonds is 4. The molecule has 7 heteroatoms. The Bertz CT molecular complexity index is 812. The highest BCUT2D eigenvalue weighted by Gasteiger charge is 2.07. The van der Waals surface area contributed by atoms with Crippen molar-refractivity contribution in [2.75, 3.05) is 5.32 Å². The standard InChI is InChI=1S/C14H13N5O2/c1-18-9-10(8-16-18)7-15-14-5-2-11-6-12(19(20)21)3-4-13(11)17-14/h2-6,8-9H,7H2,1H3,(H,15,17). The molecule has 106 valence electrons. The Balaban J connectivity index is 1.80. The summed E-state index contributed by atoms with van der Waals surface area (Å²) >= 11 is 0. The van der Waals surface area contributed by atoms with E-state index < -0.39 is 4.92 Å².